The maximum atomic E-state index is 11.3. The van der Waals surface area contributed by atoms with Crippen LogP contribution in [-0.4, -0.2) is 38.9 Å². The molecule has 0 fully saturated rings. The molecular formula is C9H19NO3S. The molecule has 5 heteroatoms. The van der Waals surface area contributed by atoms with E-state index >= 15 is 0 Å². The van der Waals surface area contributed by atoms with E-state index in [0.29, 0.717) is 12.2 Å². The van der Waals surface area contributed by atoms with Gasteiger partial charge in [0.25, 0.3) is 5.91 Å². The van der Waals surface area contributed by atoms with Crippen molar-refractivity contribution in [3.05, 3.63) is 0 Å². The van der Waals surface area contributed by atoms with Gasteiger partial charge in [-0.15, -0.1) is 0 Å². The second-order valence-electron chi connectivity index (χ2n) is 4.00. The number of rotatable bonds is 5. The Balaban J connectivity index is 3.89. The maximum absolute atomic E-state index is 11.3. The fraction of sp³-hybridized carbons (Fsp3) is 0.889. The van der Waals surface area contributed by atoms with Gasteiger partial charge in [-0.1, -0.05) is 0 Å². The molecule has 0 heterocycles. The molecule has 0 bridgehead atoms. The number of hydrogen-bond acceptors (Lipinski definition) is 3. The van der Waals surface area contributed by atoms with Gasteiger partial charge in [0.05, 0.1) is 0 Å². The normalized spacial score (nSPS) is 16.1. The van der Waals surface area contributed by atoms with E-state index in [0.717, 1.165) is 0 Å². The molecule has 0 aromatic carbocycles. The van der Waals surface area contributed by atoms with Crippen LogP contribution in [0.4, 0.5) is 0 Å². The van der Waals surface area contributed by atoms with Crippen molar-refractivity contribution in [2.75, 3.05) is 12.0 Å². The van der Waals surface area contributed by atoms with Gasteiger partial charge in [0, 0.05) is 28.9 Å². The first-order valence-corrected chi connectivity index (χ1v) is 6.29. The van der Waals surface area contributed by atoms with Crippen LogP contribution in [0.2, 0.25) is 0 Å². The summed E-state index contributed by atoms with van der Waals surface area (Å²) in [4.78, 5) is 11.3. The minimum Gasteiger partial charge on any atom is -0.381 e. The number of amides is 1. The molecule has 0 aromatic rings. The highest BCUT2D eigenvalue weighted by atomic mass is 32.2. The summed E-state index contributed by atoms with van der Waals surface area (Å²) in [6.45, 7) is 4.70. The van der Waals surface area contributed by atoms with Crippen LogP contribution in [0.15, 0.2) is 0 Å². The first-order valence-electron chi connectivity index (χ1n) is 4.57. The van der Waals surface area contributed by atoms with Crippen LogP contribution in [0.1, 0.15) is 27.2 Å². The second kappa shape index (κ2) is 5.46. The van der Waals surface area contributed by atoms with Gasteiger partial charge in [0.2, 0.25) is 0 Å². The van der Waals surface area contributed by atoms with E-state index in [1.165, 1.54) is 13.8 Å². The van der Waals surface area contributed by atoms with E-state index in [9.17, 15) is 14.1 Å². The Morgan fingerprint density at radius 1 is 1.57 bits per heavy atom. The lowest BCUT2D eigenvalue weighted by molar-refractivity contribution is -0.137. The van der Waals surface area contributed by atoms with Crippen molar-refractivity contribution in [3.63, 3.8) is 0 Å². The maximum Gasteiger partial charge on any atom is 0.251 e. The van der Waals surface area contributed by atoms with E-state index in [2.05, 4.69) is 5.32 Å². The summed E-state index contributed by atoms with van der Waals surface area (Å²) in [6.07, 6.45) is 2.29. The Morgan fingerprint density at radius 2 is 2.07 bits per heavy atom. The molecule has 1 amide bonds. The van der Waals surface area contributed by atoms with E-state index < -0.39 is 22.3 Å². The van der Waals surface area contributed by atoms with Gasteiger partial charge in [-0.25, -0.2) is 0 Å². The molecule has 4 nitrogen and oxygen atoms in total. The van der Waals surface area contributed by atoms with E-state index in [-0.39, 0.29) is 6.04 Å². The fourth-order valence-corrected chi connectivity index (χ4v) is 1.50. The van der Waals surface area contributed by atoms with Crippen LogP contribution in [0.3, 0.4) is 0 Å². The highest BCUT2D eigenvalue weighted by Gasteiger charge is 2.24. The Kier molecular flexibility index (Phi) is 5.29. The van der Waals surface area contributed by atoms with Crippen molar-refractivity contribution in [3.8, 4) is 0 Å². The van der Waals surface area contributed by atoms with Crippen molar-refractivity contribution in [1.82, 2.24) is 5.32 Å². The summed E-state index contributed by atoms with van der Waals surface area (Å²) in [5, 5.41) is 12.0. The van der Waals surface area contributed by atoms with Crippen molar-refractivity contribution in [2.24, 2.45) is 0 Å². The molecule has 0 aliphatic rings. The van der Waals surface area contributed by atoms with E-state index in [1.54, 1.807) is 6.26 Å². The zero-order chi connectivity index (χ0) is 11.4. The average molecular weight is 221 g/mol. The summed E-state index contributed by atoms with van der Waals surface area (Å²) < 4.78 is 10.8. The van der Waals surface area contributed by atoms with Gasteiger partial charge < -0.3 is 10.4 Å². The topological polar surface area (TPSA) is 66.4 Å². The quantitative estimate of drug-likeness (QED) is 0.688. The average Bonchev–Trinajstić information content (AvgIpc) is 1.99. The molecule has 2 unspecified atom stereocenters. The number of carbonyl (C=O) groups excluding carboxylic acids is 1. The smallest absolute Gasteiger partial charge is 0.251 e. The Labute approximate surface area is 87.5 Å². The molecule has 0 rings (SSSR count). The van der Waals surface area contributed by atoms with Gasteiger partial charge in [-0.2, -0.15) is 0 Å². The summed E-state index contributed by atoms with van der Waals surface area (Å²) in [5.41, 5.74) is -1.35. The molecule has 0 saturated carbocycles. The number of nitrogens with one attached hydrogen (secondary N) is 1. The van der Waals surface area contributed by atoms with Crippen LogP contribution in [0.5, 0.6) is 0 Å². The van der Waals surface area contributed by atoms with E-state index in [1.807, 2.05) is 6.92 Å². The minimum atomic E-state index is -1.35. The van der Waals surface area contributed by atoms with Crippen molar-refractivity contribution >= 4 is 16.7 Å². The zero-order valence-corrected chi connectivity index (χ0v) is 9.98. The van der Waals surface area contributed by atoms with Gasteiger partial charge in [-0.3, -0.25) is 9.00 Å². The molecule has 14 heavy (non-hydrogen) atoms. The molecule has 84 valence electrons. The summed E-state index contributed by atoms with van der Waals surface area (Å²) in [7, 11) is -0.836. The molecule has 0 spiro atoms. The van der Waals surface area contributed by atoms with Crippen LogP contribution in [-0.2, 0) is 15.6 Å². The minimum absolute atomic E-state index is 0.0576. The Morgan fingerprint density at radius 3 is 2.43 bits per heavy atom. The lowest BCUT2D eigenvalue weighted by Crippen LogP contribution is -2.46. The molecule has 0 aliphatic heterocycles. The van der Waals surface area contributed by atoms with Crippen LogP contribution in [0.25, 0.3) is 0 Å². The predicted molar refractivity (Wildman–Crippen MR) is 57.5 cm³/mol. The summed E-state index contributed by atoms with van der Waals surface area (Å²) in [5.74, 6) is 0.166. The Bertz CT molecular complexity index is 223. The van der Waals surface area contributed by atoms with Crippen molar-refractivity contribution < 1.29 is 14.1 Å². The summed E-state index contributed by atoms with van der Waals surface area (Å²) in [6, 6.07) is -0.0576. The fourth-order valence-electron chi connectivity index (χ4n) is 0.815. The lowest BCUT2D eigenvalue weighted by Gasteiger charge is -2.20. The number of hydrogen-bond donors (Lipinski definition) is 2. The second-order valence-corrected chi connectivity index (χ2v) is 5.55. The van der Waals surface area contributed by atoms with Crippen LogP contribution < -0.4 is 5.32 Å². The third-order valence-corrected chi connectivity index (χ3v) is 2.58. The molecule has 2 atom stereocenters. The Hall–Kier alpha value is -0.420. The zero-order valence-electron chi connectivity index (χ0n) is 9.16. The van der Waals surface area contributed by atoms with Crippen molar-refractivity contribution in [2.45, 2.75) is 38.8 Å². The number of carbonyl (C=O) groups is 1. The molecule has 0 aromatic heterocycles. The molecule has 0 aliphatic carbocycles. The van der Waals surface area contributed by atoms with Gasteiger partial charge in [-0.05, 0) is 27.2 Å². The van der Waals surface area contributed by atoms with Crippen LogP contribution >= 0.6 is 0 Å². The SMILES string of the molecule is CC(CCS(C)=O)NC(=O)C(C)(C)O. The standard InChI is InChI=1S/C9H19NO3S/c1-7(5-6-14(4)13)10-8(11)9(2,3)12/h7,12H,5-6H2,1-4H3,(H,10,11). The highest BCUT2D eigenvalue weighted by Crippen LogP contribution is 2.02. The van der Waals surface area contributed by atoms with Crippen LogP contribution in [0, 0.1) is 0 Å². The predicted octanol–water partition coefficient (Wildman–Crippen LogP) is 0.0306. The van der Waals surface area contributed by atoms with E-state index in [4.69, 9.17) is 0 Å². The van der Waals surface area contributed by atoms with Gasteiger partial charge >= 0.3 is 0 Å². The molecular weight excluding hydrogens is 202 g/mol. The monoisotopic (exact) mass is 221 g/mol. The third-order valence-electron chi connectivity index (χ3n) is 1.77. The largest absolute Gasteiger partial charge is 0.381 e. The molecule has 2 N–H and O–H groups in total. The van der Waals surface area contributed by atoms with Crippen molar-refractivity contribution in [1.29, 1.82) is 0 Å². The highest BCUT2D eigenvalue weighted by molar-refractivity contribution is 7.84. The lowest BCUT2D eigenvalue weighted by atomic mass is 10.1. The molecule has 0 radical (unpaired) electrons. The third kappa shape index (κ3) is 6.10. The first kappa shape index (κ1) is 13.6. The van der Waals surface area contributed by atoms with Gasteiger partial charge in [0.1, 0.15) is 5.60 Å². The molecule has 0 saturated heterocycles. The van der Waals surface area contributed by atoms with Gasteiger partial charge in [0.15, 0.2) is 0 Å². The first-order chi connectivity index (χ1) is 6.23. The number of aliphatic hydroxyl groups is 1. The summed E-state index contributed by atoms with van der Waals surface area (Å²) >= 11 is 0.